The van der Waals surface area contributed by atoms with E-state index >= 15 is 0 Å². The molecule has 3 atom stereocenters. The standard InChI is InChI=1S/C18H23NO3.2C8H11NO3/c1-13(2-3-14-4-7-16(20)8-5-14)19-11-10-15-6-9-17(21)18(22)12-15;2*9-4-8(12)5-1-2-6(10)7(11)3-5/h4-9,12-13,19-22H,2-3,10-11H2,1H3;2*1-3,8,10-12H,4,9H2/t;2*8-/m.00/s1. The molecule has 0 aliphatic carbocycles. The molecule has 4 aromatic carbocycles. The maximum absolute atomic E-state index is 9.45. The smallest absolute Gasteiger partial charge is 0.157 e. The molecule has 0 fully saturated rings. The van der Waals surface area contributed by atoms with Crippen molar-refractivity contribution in [3.8, 4) is 40.2 Å². The molecule has 4 aromatic rings. The summed E-state index contributed by atoms with van der Waals surface area (Å²) in [6, 6.07) is 20.8. The first kappa shape index (κ1) is 37.5. The van der Waals surface area contributed by atoms with Crippen LogP contribution in [-0.2, 0) is 12.8 Å². The minimum Gasteiger partial charge on any atom is -0.508 e. The van der Waals surface area contributed by atoms with Gasteiger partial charge in [-0.15, -0.1) is 0 Å². The number of phenolic OH excluding ortho intramolecular Hbond substituents is 7. The fourth-order valence-corrected chi connectivity index (χ4v) is 4.10. The molecule has 0 amide bonds. The van der Waals surface area contributed by atoms with E-state index in [0.717, 1.165) is 31.4 Å². The van der Waals surface area contributed by atoms with Crippen LogP contribution in [0.3, 0.4) is 0 Å². The van der Waals surface area contributed by atoms with E-state index in [9.17, 15) is 25.5 Å². The highest BCUT2D eigenvalue weighted by molar-refractivity contribution is 5.42. The molecule has 250 valence electrons. The summed E-state index contributed by atoms with van der Waals surface area (Å²) >= 11 is 0. The van der Waals surface area contributed by atoms with Gasteiger partial charge in [-0.3, -0.25) is 0 Å². The molecule has 0 saturated heterocycles. The molecule has 12 heteroatoms. The number of nitrogens with one attached hydrogen (secondary N) is 1. The second-order valence-corrected chi connectivity index (χ2v) is 10.6. The van der Waals surface area contributed by atoms with E-state index in [1.54, 1.807) is 18.2 Å². The van der Waals surface area contributed by atoms with Crippen LogP contribution in [0.1, 0.15) is 47.8 Å². The van der Waals surface area contributed by atoms with E-state index in [-0.39, 0.29) is 47.6 Å². The highest BCUT2D eigenvalue weighted by Crippen LogP contribution is 2.28. The van der Waals surface area contributed by atoms with Gasteiger partial charge < -0.3 is 62.7 Å². The van der Waals surface area contributed by atoms with E-state index in [0.29, 0.717) is 22.9 Å². The van der Waals surface area contributed by atoms with Crippen molar-refractivity contribution >= 4 is 0 Å². The summed E-state index contributed by atoms with van der Waals surface area (Å²) in [5.41, 5.74) is 13.6. The average molecular weight is 640 g/mol. The molecule has 4 rings (SSSR count). The summed E-state index contributed by atoms with van der Waals surface area (Å²) in [5.74, 6) is -0.769. The summed E-state index contributed by atoms with van der Waals surface area (Å²) in [6.45, 7) is 3.14. The zero-order valence-electron chi connectivity index (χ0n) is 25.7. The monoisotopic (exact) mass is 639 g/mol. The van der Waals surface area contributed by atoms with Gasteiger partial charge in [0.15, 0.2) is 34.5 Å². The van der Waals surface area contributed by atoms with Crippen LogP contribution in [-0.4, -0.2) is 71.6 Å². The number of rotatable bonds is 11. The lowest BCUT2D eigenvalue weighted by Crippen LogP contribution is -2.28. The number of hydrogen-bond donors (Lipinski definition) is 12. The largest absolute Gasteiger partial charge is 0.508 e. The highest BCUT2D eigenvalue weighted by Gasteiger charge is 2.09. The molecule has 14 N–H and O–H groups in total. The fraction of sp³-hybridized carbons (Fsp3) is 0.294. The van der Waals surface area contributed by atoms with Crippen LogP contribution in [0.5, 0.6) is 40.2 Å². The van der Waals surface area contributed by atoms with E-state index in [1.165, 1.54) is 48.0 Å². The van der Waals surface area contributed by atoms with Gasteiger partial charge in [0, 0.05) is 19.1 Å². The van der Waals surface area contributed by atoms with Crippen molar-refractivity contribution < 1.29 is 46.0 Å². The molecule has 0 aromatic heterocycles. The van der Waals surface area contributed by atoms with Crippen LogP contribution < -0.4 is 16.8 Å². The van der Waals surface area contributed by atoms with Crippen molar-refractivity contribution in [2.45, 2.75) is 44.4 Å². The lowest BCUT2D eigenvalue weighted by atomic mass is 10.1. The van der Waals surface area contributed by atoms with Crippen molar-refractivity contribution in [3.63, 3.8) is 0 Å². The first-order chi connectivity index (χ1) is 21.8. The van der Waals surface area contributed by atoms with Gasteiger partial charge in [-0.05, 0) is 104 Å². The molecule has 0 saturated carbocycles. The summed E-state index contributed by atoms with van der Waals surface area (Å²) in [6.07, 6.45) is 1.20. The molecule has 0 aliphatic heterocycles. The Bertz CT molecular complexity index is 1430. The second kappa shape index (κ2) is 18.9. The topological polar surface area (TPSA) is 246 Å². The Morgan fingerprint density at radius 2 is 0.978 bits per heavy atom. The van der Waals surface area contributed by atoms with Gasteiger partial charge in [-0.1, -0.05) is 30.3 Å². The summed E-state index contributed by atoms with van der Waals surface area (Å²) < 4.78 is 0. The number of aliphatic hydroxyl groups is 2. The predicted octanol–water partition coefficient (Wildman–Crippen LogP) is 3.14. The number of aryl methyl sites for hydroxylation is 1. The Morgan fingerprint density at radius 1 is 0.543 bits per heavy atom. The summed E-state index contributed by atoms with van der Waals surface area (Å²) in [7, 11) is 0. The Balaban J connectivity index is 0.000000261. The first-order valence-corrected chi connectivity index (χ1v) is 14.7. The number of aliphatic hydroxyl groups excluding tert-OH is 2. The van der Waals surface area contributed by atoms with Crippen LogP contribution in [0.4, 0.5) is 0 Å². The molecule has 12 nitrogen and oxygen atoms in total. The van der Waals surface area contributed by atoms with Crippen LogP contribution in [0.15, 0.2) is 78.9 Å². The number of aromatic hydroxyl groups is 7. The van der Waals surface area contributed by atoms with Crippen molar-refractivity contribution in [1.29, 1.82) is 0 Å². The van der Waals surface area contributed by atoms with E-state index in [4.69, 9.17) is 31.9 Å². The molecular formula is C34H45N3O9. The van der Waals surface area contributed by atoms with Crippen molar-refractivity contribution in [1.82, 2.24) is 5.32 Å². The Hall–Kier alpha value is -4.72. The molecule has 0 spiro atoms. The van der Waals surface area contributed by atoms with Crippen molar-refractivity contribution in [3.05, 3.63) is 101 Å². The Kier molecular flexibility index (Phi) is 15.4. The van der Waals surface area contributed by atoms with Gasteiger partial charge in [0.25, 0.3) is 0 Å². The Labute approximate surface area is 268 Å². The molecule has 46 heavy (non-hydrogen) atoms. The predicted molar refractivity (Wildman–Crippen MR) is 175 cm³/mol. The zero-order valence-corrected chi connectivity index (χ0v) is 25.7. The molecular weight excluding hydrogens is 594 g/mol. The minimum absolute atomic E-state index is 0.0714. The third kappa shape index (κ3) is 12.7. The quantitative estimate of drug-likeness (QED) is 0.106. The maximum Gasteiger partial charge on any atom is 0.157 e. The third-order valence-electron chi connectivity index (χ3n) is 6.96. The van der Waals surface area contributed by atoms with Gasteiger partial charge in [0.1, 0.15) is 5.75 Å². The highest BCUT2D eigenvalue weighted by atomic mass is 16.3. The summed E-state index contributed by atoms with van der Waals surface area (Å²) in [5, 5.41) is 85.8. The zero-order chi connectivity index (χ0) is 34.2. The van der Waals surface area contributed by atoms with E-state index in [2.05, 4.69) is 12.2 Å². The van der Waals surface area contributed by atoms with Crippen LogP contribution >= 0.6 is 0 Å². The van der Waals surface area contributed by atoms with Gasteiger partial charge >= 0.3 is 0 Å². The number of phenols is 7. The number of nitrogens with two attached hydrogens (primary N) is 2. The SMILES string of the molecule is CC(CCc1ccc(O)cc1)NCCc1ccc(O)c(O)c1.NC[C@H](O)c1ccc(O)c(O)c1.NC[C@H](O)c1ccc(O)c(O)c1. The number of benzene rings is 4. The van der Waals surface area contributed by atoms with E-state index in [1.807, 2.05) is 18.2 Å². The molecule has 0 heterocycles. The van der Waals surface area contributed by atoms with Crippen molar-refractivity contribution in [2.24, 2.45) is 11.5 Å². The first-order valence-electron chi connectivity index (χ1n) is 14.7. The second-order valence-electron chi connectivity index (χ2n) is 10.6. The molecule has 0 aliphatic rings. The normalized spacial score (nSPS) is 12.5. The van der Waals surface area contributed by atoms with Gasteiger partial charge in [-0.25, -0.2) is 0 Å². The fourth-order valence-electron chi connectivity index (χ4n) is 4.10. The summed E-state index contributed by atoms with van der Waals surface area (Å²) in [4.78, 5) is 0. The molecule has 0 radical (unpaired) electrons. The number of hydrogen-bond acceptors (Lipinski definition) is 12. The van der Waals surface area contributed by atoms with Crippen LogP contribution in [0, 0.1) is 0 Å². The lowest BCUT2D eigenvalue weighted by molar-refractivity contribution is 0.186. The van der Waals surface area contributed by atoms with Crippen LogP contribution in [0.2, 0.25) is 0 Å². The van der Waals surface area contributed by atoms with Gasteiger partial charge in [0.05, 0.1) is 12.2 Å². The maximum atomic E-state index is 9.45. The lowest BCUT2D eigenvalue weighted by Gasteiger charge is -2.14. The Morgan fingerprint density at radius 3 is 1.41 bits per heavy atom. The minimum atomic E-state index is -0.795. The van der Waals surface area contributed by atoms with Crippen molar-refractivity contribution in [2.75, 3.05) is 19.6 Å². The van der Waals surface area contributed by atoms with E-state index < -0.39 is 12.2 Å². The van der Waals surface area contributed by atoms with Gasteiger partial charge in [0.2, 0.25) is 0 Å². The third-order valence-corrected chi connectivity index (χ3v) is 6.96. The van der Waals surface area contributed by atoms with Crippen LogP contribution in [0.25, 0.3) is 0 Å². The molecule has 1 unspecified atom stereocenters. The van der Waals surface area contributed by atoms with Gasteiger partial charge in [-0.2, -0.15) is 0 Å². The average Bonchev–Trinajstić information content (AvgIpc) is 3.05. The molecule has 0 bridgehead atoms.